The molecule has 0 radical (unpaired) electrons. The van der Waals surface area contributed by atoms with Gasteiger partial charge in [0.25, 0.3) is 0 Å². The van der Waals surface area contributed by atoms with Crippen molar-refractivity contribution in [3.8, 4) is 0 Å². The fraction of sp³-hybridized carbons (Fsp3) is 0.750. The third kappa shape index (κ3) is 2.18. The SMILES string of the molecule is CC(C)C(=N)S(=O)[O-]. The molecule has 1 atom stereocenters. The van der Waals surface area contributed by atoms with Gasteiger partial charge >= 0.3 is 0 Å². The number of hydrogen-bond acceptors (Lipinski definition) is 3. The van der Waals surface area contributed by atoms with Crippen molar-refractivity contribution in [2.24, 2.45) is 5.92 Å². The van der Waals surface area contributed by atoms with E-state index in [2.05, 4.69) is 0 Å². The van der Waals surface area contributed by atoms with Crippen LogP contribution in [0, 0.1) is 11.3 Å². The molecule has 0 spiro atoms. The Labute approximate surface area is 50.9 Å². The van der Waals surface area contributed by atoms with Gasteiger partial charge < -0.3 is 4.55 Å². The van der Waals surface area contributed by atoms with Crippen LogP contribution in [0.3, 0.4) is 0 Å². The van der Waals surface area contributed by atoms with Crippen LogP contribution in [-0.2, 0) is 11.1 Å². The Kier molecular flexibility index (Phi) is 2.86. The van der Waals surface area contributed by atoms with Gasteiger partial charge in [0, 0.05) is 5.92 Å². The van der Waals surface area contributed by atoms with E-state index >= 15 is 0 Å². The van der Waals surface area contributed by atoms with E-state index in [-0.39, 0.29) is 11.0 Å². The van der Waals surface area contributed by atoms with E-state index < -0.39 is 11.1 Å². The van der Waals surface area contributed by atoms with E-state index in [9.17, 15) is 8.76 Å². The second kappa shape index (κ2) is 2.94. The highest BCUT2D eigenvalue weighted by Gasteiger charge is 2.00. The fourth-order valence-corrected chi connectivity index (χ4v) is 0.577. The van der Waals surface area contributed by atoms with Crippen molar-refractivity contribution < 1.29 is 8.76 Å². The molecule has 8 heavy (non-hydrogen) atoms. The lowest BCUT2D eigenvalue weighted by atomic mass is 10.2. The van der Waals surface area contributed by atoms with Gasteiger partial charge in [-0.15, -0.1) is 0 Å². The fourth-order valence-electron chi connectivity index (χ4n) is 0.192. The molecule has 0 aliphatic rings. The molecule has 0 fully saturated rings. The summed E-state index contributed by atoms with van der Waals surface area (Å²) in [5.41, 5.74) is 0. The Balaban J connectivity index is 3.84. The molecule has 48 valence electrons. The first-order valence-electron chi connectivity index (χ1n) is 2.23. The zero-order valence-corrected chi connectivity index (χ0v) is 5.62. The van der Waals surface area contributed by atoms with Crippen LogP contribution in [0.1, 0.15) is 13.8 Å². The lowest BCUT2D eigenvalue weighted by Crippen LogP contribution is -2.11. The zero-order valence-electron chi connectivity index (χ0n) is 4.80. The van der Waals surface area contributed by atoms with Crippen LogP contribution in [0.2, 0.25) is 0 Å². The van der Waals surface area contributed by atoms with Gasteiger partial charge in [0.05, 0.1) is 5.04 Å². The lowest BCUT2D eigenvalue weighted by molar-refractivity contribution is 0.547. The largest absolute Gasteiger partial charge is 0.767 e. The quantitative estimate of drug-likeness (QED) is 0.322. The Bertz CT molecular complexity index is 121. The Morgan fingerprint density at radius 3 is 2.12 bits per heavy atom. The van der Waals surface area contributed by atoms with Crippen LogP contribution in [0.4, 0.5) is 0 Å². The molecule has 0 aliphatic heterocycles. The van der Waals surface area contributed by atoms with E-state index in [0.29, 0.717) is 0 Å². The predicted molar refractivity (Wildman–Crippen MR) is 31.5 cm³/mol. The van der Waals surface area contributed by atoms with E-state index in [1.54, 1.807) is 13.8 Å². The van der Waals surface area contributed by atoms with Crippen LogP contribution in [0.25, 0.3) is 0 Å². The summed E-state index contributed by atoms with van der Waals surface area (Å²) < 4.78 is 19.8. The van der Waals surface area contributed by atoms with Crippen LogP contribution < -0.4 is 0 Å². The van der Waals surface area contributed by atoms with Gasteiger partial charge in [-0.3, -0.25) is 9.62 Å². The maximum Gasteiger partial charge on any atom is 0.0838 e. The number of hydrogen-bond donors (Lipinski definition) is 1. The maximum absolute atomic E-state index is 9.92. The van der Waals surface area contributed by atoms with Crippen LogP contribution >= 0.6 is 0 Å². The summed E-state index contributed by atoms with van der Waals surface area (Å²) in [6.45, 7) is 3.33. The molecule has 0 aromatic carbocycles. The topological polar surface area (TPSA) is 64.0 Å². The van der Waals surface area contributed by atoms with Crippen LogP contribution in [0.5, 0.6) is 0 Å². The van der Waals surface area contributed by atoms with Gasteiger partial charge in [0.1, 0.15) is 0 Å². The third-order valence-corrected chi connectivity index (χ3v) is 1.53. The van der Waals surface area contributed by atoms with Crippen molar-refractivity contribution in [1.82, 2.24) is 0 Å². The molecular weight excluding hydrogens is 126 g/mol. The minimum atomic E-state index is -2.31. The average Bonchev–Trinajstić information content (AvgIpc) is 1.64. The summed E-state index contributed by atoms with van der Waals surface area (Å²) >= 11 is -2.31. The summed E-state index contributed by atoms with van der Waals surface area (Å²) in [4.78, 5) is 0. The Morgan fingerprint density at radius 2 is 2.12 bits per heavy atom. The van der Waals surface area contributed by atoms with Gasteiger partial charge in [-0.25, -0.2) is 0 Å². The van der Waals surface area contributed by atoms with Gasteiger partial charge in [-0.05, 0) is 11.1 Å². The molecule has 4 heteroatoms. The molecular formula is C4H8NO2S-. The second-order valence-corrected chi connectivity index (χ2v) is 2.66. The molecule has 0 amide bonds. The number of rotatable bonds is 1. The van der Waals surface area contributed by atoms with Crippen molar-refractivity contribution in [2.75, 3.05) is 0 Å². The van der Waals surface area contributed by atoms with E-state index in [4.69, 9.17) is 5.41 Å². The normalized spacial score (nSPS) is 14.0. The smallest absolute Gasteiger partial charge is 0.0838 e. The molecule has 1 N–H and O–H groups in total. The van der Waals surface area contributed by atoms with E-state index in [1.807, 2.05) is 0 Å². The van der Waals surface area contributed by atoms with E-state index in [1.165, 1.54) is 0 Å². The summed E-state index contributed by atoms with van der Waals surface area (Å²) in [6, 6.07) is 0. The molecule has 3 nitrogen and oxygen atoms in total. The minimum absolute atomic E-state index is 0.187. The molecule has 0 heterocycles. The summed E-state index contributed by atoms with van der Waals surface area (Å²) in [5.74, 6) is -0.187. The van der Waals surface area contributed by atoms with Crippen LogP contribution in [-0.4, -0.2) is 13.8 Å². The Morgan fingerprint density at radius 1 is 1.75 bits per heavy atom. The highest BCUT2D eigenvalue weighted by Crippen LogP contribution is 1.95. The number of nitrogens with one attached hydrogen (secondary N) is 1. The Hall–Kier alpha value is -0.220. The second-order valence-electron chi connectivity index (χ2n) is 1.75. The molecule has 0 saturated carbocycles. The lowest BCUT2D eigenvalue weighted by Gasteiger charge is -2.08. The first-order chi connectivity index (χ1) is 3.55. The van der Waals surface area contributed by atoms with Crippen molar-refractivity contribution in [2.45, 2.75) is 13.8 Å². The molecule has 0 aliphatic carbocycles. The first kappa shape index (κ1) is 7.78. The molecule has 0 bridgehead atoms. The van der Waals surface area contributed by atoms with Gasteiger partial charge in [0.2, 0.25) is 0 Å². The van der Waals surface area contributed by atoms with Gasteiger partial charge in [-0.1, -0.05) is 13.8 Å². The van der Waals surface area contributed by atoms with Crippen molar-refractivity contribution in [3.63, 3.8) is 0 Å². The maximum atomic E-state index is 9.92. The molecule has 0 aromatic heterocycles. The summed E-state index contributed by atoms with van der Waals surface area (Å²) in [5, 5.41) is 6.55. The predicted octanol–water partition coefficient (Wildman–Crippen LogP) is 0.499. The molecule has 1 unspecified atom stereocenters. The van der Waals surface area contributed by atoms with Gasteiger partial charge in [0.15, 0.2) is 0 Å². The summed E-state index contributed by atoms with van der Waals surface area (Å²) in [7, 11) is 0. The minimum Gasteiger partial charge on any atom is -0.767 e. The monoisotopic (exact) mass is 134 g/mol. The third-order valence-electron chi connectivity index (χ3n) is 0.704. The van der Waals surface area contributed by atoms with Gasteiger partial charge in [-0.2, -0.15) is 0 Å². The highest BCUT2D eigenvalue weighted by molar-refractivity contribution is 7.95. The molecule has 0 rings (SSSR count). The van der Waals surface area contributed by atoms with Crippen molar-refractivity contribution in [3.05, 3.63) is 0 Å². The van der Waals surface area contributed by atoms with Crippen molar-refractivity contribution in [1.29, 1.82) is 5.41 Å². The first-order valence-corrected chi connectivity index (χ1v) is 3.31. The molecule has 0 saturated heterocycles. The van der Waals surface area contributed by atoms with E-state index in [0.717, 1.165) is 0 Å². The highest BCUT2D eigenvalue weighted by atomic mass is 32.2. The van der Waals surface area contributed by atoms with Crippen LogP contribution in [0.15, 0.2) is 0 Å². The average molecular weight is 134 g/mol. The molecule has 0 aromatic rings. The summed E-state index contributed by atoms with van der Waals surface area (Å²) in [6.07, 6.45) is 0. The van der Waals surface area contributed by atoms with Crippen molar-refractivity contribution >= 4 is 16.1 Å². The standard InChI is InChI=1S/C4H9NO2S/c1-3(2)4(5)8(6)7/h3,5H,1-2H3,(H,6,7)/p-1. The zero-order chi connectivity index (χ0) is 6.73.